The van der Waals surface area contributed by atoms with Crippen molar-refractivity contribution in [1.29, 1.82) is 0 Å². The zero-order valence-corrected chi connectivity index (χ0v) is 12.1. The molecule has 0 radical (unpaired) electrons. The summed E-state index contributed by atoms with van der Waals surface area (Å²) in [5.41, 5.74) is 0.382. The Morgan fingerprint density at radius 1 is 1.05 bits per heavy atom. The number of hydrogen-bond donors (Lipinski definition) is 1. The van der Waals surface area contributed by atoms with Crippen LogP contribution in [-0.2, 0) is 21.2 Å². The number of rotatable bonds is 5. The van der Waals surface area contributed by atoms with Gasteiger partial charge in [-0.15, -0.1) is 0 Å². The highest BCUT2D eigenvalue weighted by molar-refractivity contribution is 7.90. The first-order valence-electron chi connectivity index (χ1n) is 6.22. The van der Waals surface area contributed by atoms with Crippen molar-refractivity contribution in [2.75, 3.05) is 0 Å². The van der Waals surface area contributed by atoms with Crippen LogP contribution in [0.2, 0.25) is 0 Å². The molecule has 0 saturated carbocycles. The first-order chi connectivity index (χ1) is 10.4. The summed E-state index contributed by atoms with van der Waals surface area (Å²) in [5, 5.41) is 10.5. The molecule has 0 heterocycles. The number of hydrogen-bond acceptors (Lipinski definition) is 5. The van der Waals surface area contributed by atoms with Gasteiger partial charge in [-0.25, -0.2) is 13.1 Å². The summed E-state index contributed by atoms with van der Waals surface area (Å²) < 4.78 is 25.9. The summed E-state index contributed by atoms with van der Waals surface area (Å²) in [6.07, 6.45) is -0.190. The molecular formula is C14H12N2O5S. The Labute approximate surface area is 126 Å². The van der Waals surface area contributed by atoms with Crippen molar-refractivity contribution in [2.24, 2.45) is 0 Å². The second-order valence-corrected chi connectivity index (χ2v) is 6.12. The van der Waals surface area contributed by atoms with Crippen molar-refractivity contribution in [3.8, 4) is 0 Å². The van der Waals surface area contributed by atoms with E-state index in [0.29, 0.717) is 5.56 Å². The summed E-state index contributed by atoms with van der Waals surface area (Å²) in [4.78, 5) is 21.8. The SMILES string of the molecule is O=C(Cc1ccc([N+](=O)[O-])cc1)NS(=O)(=O)c1ccccc1. The first kappa shape index (κ1) is 15.6. The normalized spacial score (nSPS) is 10.9. The number of carbonyl (C=O) groups is 1. The molecule has 22 heavy (non-hydrogen) atoms. The van der Waals surface area contributed by atoms with Crippen LogP contribution in [0.3, 0.4) is 0 Å². The molecule has 0 unspecified atom stereocenters. The van der Waals surface area contributed by atoms with Crippen LogP contribution < -0.4 is 4.72 Å². The third-order valence-electron chi connectivity index (χ3n) is 2.81. The van der Waals surface area contributed by atoms with Crippen LogP contribution in [0, 0.1) is 10.1 Å². The van der Waals surface area contributed by atoms with E-state index in [0.717, 1.165) is 0 Å². The Kier molecular flexibility index (Phi) is 4.52. The molecule has 0 atom stereocenters. The van der Waals surface area contributed by atoms with Gasteiger partial charge in [0.2, 0.25) is 5.91 Å². The minimum Gasteiger partial charge on any atom is -0.274 e. The molecule has 1 N–H and O–H groups in total. The Bertz CT molecular complexity index is 786. The van der Waals surface area contributed by atoms with E-state index in [1.165, 1.54) is 36.4 Å². The van der Waals surface area contributed by atoms with Gasteiger partial charge in [-0.1, -0.05) is 30.3 Å². The van der Waals surface area contributed by atoms with Gasteiger partial charge in [-0.2, -0.15) is 0 Å². The predicted molar refractivity (Wildman–Crippen MR) is 78.6 cm³/mol. The van der Waals surface area contributed by atoms with Gasteiger partial charge >= 0.3 is 0 Å². The minimum atomic E-state index is -3.91. The minimum absolute atomic E-state index is 0.00736. The molecule has 0 aliphatic rings. The molecule has 0 fully saturated rings. The molecule has 0 saturated heterocycles. The second kappa shape index (κ2) is 6.35. The van der Waals surface area contributed by atoms with Crippen molar-refractivity contribution in [3.05, 3.63) is 70.3 Å². The van der Waals surface area contributed by atoms with Crippen molar-refractivity contribution < 1.29 is 18.1 Å². The number of benzene rings is 2. The maximum absolute atomic E-state index is 12.0. The number of nitrogens with zero attached hydrogens (tertiary/aromatic N) is 1. The molecule has 7 nitrogen and oxygen atoms in total. The maximum atomic E-state index is 12.0. The molecule has 1 amide bonds. The Hall–Kier alpha value is -2.74. The van der Waals surface area contributed by atoms with Crippen molar-refractivity contribution in [3.63, 3.8) is 0 Å². The summed E-state index contributed by atoms with van der Waals surface area (Å²) >= 11 is 0. The van der Waals surface area contributed by atoms with Gasteiger partial charge in [0.05, 0.1) is 16.2 Å². The largest absolute Gasteiger partial charge is 0.274 e. The molecule has 2 aromatic carbocycles. The van der Waals surface area contributed by atoms with E-state index in [9.17, 15) is 23.3 Å². The smallest absolute Gasteiger partial charge is 0.269 e. The predicted octanol–water partition coefficient (Wildman–Crippen LogP) is 1.64. The average Bonchev–Trinajstić information content (AvgIpc) is 2.48. The molecule has 0 aliphatic heterocycles. The fraction of sp³-hybridized carbons (Fsp3) is 0.0714. The van der Waals surface area contributed by atoms with Gasteiger partial charge in [0.25, 0.3) is 15.7 Å². The number of carbonyl (C=O) groups excluding carboxylic acids is 1. The number of sulfonamides is 1. The quantitative estimate of drug-likeness (QED) is 0.666. The number of amides is 1. The van der Waals surface area contributed by atoms with Gasteiger partial charge in [0.1, 0.15) is 0 Å². The van der Waals surface area contributed by atoms with E-state index < -0.39 is 20.9 Å². The van der Waals surface area contributed by atoms with Gasteiger partial charge in [0.15, 0.2) is 0 Å². The van der Waals surface area contributed by atoms with Crippen molar-refractivity contribution in [1.82, 2.24) is 4.72 Å². The highest BCUT2D eigenvalue weighted by atomic mass is 32.2. The number of nitrogens with one attached hydrogen (secondary N) is 1. The molecule has 0 spiro atoms. The zero-order chi connectivity index (χ0) is 16.2. The average molecular weight is 320 g/mol. The Morgan fingerprint density at radius 3 is 2.18 bits per heavy atom. The monoisotopic (exact) mass is 320 g/mol. The summed E-state index contributed by atoms with van der Waals surface area (Å²) in [6.45, 7) is 0. The van der Waals surface area contributed by atoms with Gasteiger partial charge < -0.3 is 0 Å². The molecular weight excluding hydrogens is 308 g/mol. The van der Waals surface area contributed by atoms with Crippen LogP contribution in [0.1, 0.15) is 5.56 Å². The summed E-state index contributed by atoms with van der Waals surface area (Å²) in [5.74, 6) is -0.710. The van der Waals surface area contributed by atoms with E-state index in [4.69, 9.17) is 0 Å². The number of non-ortho nitro benzene ring substituents is 1. The molecule has 0 bridgehead atoms. The lowest BCUT2D eigenvalue weighted by molar-refractivity contribution is -0.384. The van der Waals surface area contributed by atoms with Crippen molar-refractivity contribution >= 4 is 21.6 Å². The highest BCUT2D eigenvalue weighted by Crippen LogP contribution is 2.13. The molecule has 2 rings (SSSR count). The lowest BCUT2D eigenvalue weighted by Crippen LogP contribution is -2.31. The van der Waals surface area contributed by atoms with Crippen LogP contribution in [0.5, 0.6) is 0 Å². The fourth-order valence-corrected chi connectivity index (χ4v) is 2.77. The van der Waals surface area contributed by atoms with Crippen LogP contribution >= 0.6 is 0 Å². The topological polar surface area (TPSA) is 106 Å². The molecule has 0 aromatic heterocycles. The number of nitro benzene ring substituents is 1. The van der Waals surface area contributed by atoms with Crippen LogP contribution in [0.15, 0.2) is 59.5 Å². The van der Waals surface area contributed by atoms with Gasteiger partial charge in [0, 0.05) is 12.1 Å². The molecule has 8 heteroatoms. The lowest BCUT2D eigenvalue weighted by atomic mass is 10.1. The lowest BCUT2D eigenvalue weighted by Gasteiger charge is -2.06. The van der Waals surface area contributed by atoms with E-state index in [1.807, 2.05) is 4.72 Å². The fourth-order valence-electron chi connectivity index (χ4n) is 1.77. The zero-order valence-electron chi connectivity index (χ0n) is 11.3. The maximum Gasteiger partial charge on any atom is 0.269 e. The van der Waals surface area contributed by atoms with Crippen LogP contribution in [-0.4, -0.2) is 19.2 Å². The van der Waals surface area contributed by atoms with Gasteiger partial charge in [-0.05, 0) is 17.7 Å². The molecule has 0 aliphatic carbocycles. The van der Waals surface area contributed by atoms with Gasteiger partial charge in [-0.3, -0.25) is 14.9 Å². The van der Waals surface area contributed by atoms with E-state index in [1.54, 1.807) is 18.2 Å². The van der Waals surface area contributed by atoms with E-state index >= 15 is 0 Å². The number of nitro groups is 1. The summed E-state index contributed by atoms with van der Waals surface area (Å²) in [7, 11) is -3.91. The molecule has 2 aromatic rings. The first-order valence-corrected chi connectivity index (χ1v) is 7.71. The Balaban J connectivity index is 2.05. The standard InChI is InChI=1S/C14H12N2O5S/c17-14(10-11-6-8-12(9-7-11)16(18)19)15-22(20,21)13-4-2-1-3-5-13/h1-9H,10H2,(H,15,17). The van der Waals surface area contributed by atoms with Crippen LogP contribution in [0.4, 0.5) is 5.69 Å². The third kappa shape index (κ3) is 3.89. The van der Waals surface area contributed by atoms with E-state index in [-0.39, 0.29) is 17.0 Å². The van der Waals surface area contributed by atoms with Crippen molar-refractivity contribution in [2.45, 2.75) is 11.3 Å². The Morgan fingerprint density at radius 2 is 1.64 bits per heavy atom. The van der Waals surface area contributed by atoms with E-state index in [2.05, 4.69) is 0 Å². The molecule has 114 valence electrons. The van der Waals surface area contributed by atoms with Crippen LogP contribution in [0.25, 0.3) is 0 Å². The third-order valence-corrected chi connectivity index (χ3v) is 4.20. The summed E-state index contributed by atoms with van der Waals surface area (Å²) in [6, 6.07) is 12.9. The second-order valence-electron chi connectivity index (χ2n) is 4.44. The highest BCUT2D eigenvalue weighted by Gasteiger charge is 2.17.